The van der Waals surface area contributed by atoms with Gasteiger partial charge in [-0.05, 0) is 13.3 Å². The van der Waals surface area contributed by atoms with E-state index in [0.717, 1.165) is 0 Å². The molecule has 0 atom stereocenters. The Morgan fingerprint density at radius 3 is 2.40 bits per heavy atom. The zero-order valence-corrected chi connectivity index (χ0v) is 10.2. The summed E-state index contributed by atoms with van der Waals surface area (Å²) in [6, 6.07) is 0. The van der Waals surface area contributed by atoms with E-state index in [1.54, 1.807) is 13.0 Å². The van der Waals surface area contributed by atoms with E-state index in [9.17, 15) is 9.36 Å². The highest BCUT2D eigenvalue weighted by Gasteiger charge is 2.19. The van der Waals surface area contributed by atoms with Crippen LogP contribution in [0.5, 0.6) is 0 Å². The maximum absolute atomic E-state index is 11.5. The minimum atomic E-state index is -2.97. The lowest BCUT2D eigenvalue weighted by atomic mass is 10.5. The van der Waals surface area contributed by atoms with Crippen LogP contribution in [0.1, 0.15) is 13.3 Å². The summed E-state index contributed by atoms with van der Waals surface area (Å²) in [5, 5.41) is 0. The number of ether oxygens (including phenoxy) is 1. The monoisotopic (exact) mass is 236 g/mol. The lowest BCUT2D eigenvalue weighted by molar-refractivity contribution is -0.137. The molecule has 0 rings (SSSR count). The first-order valence-corrected chi connectivity index (χ1v) is 6.30. The highest BCUT2D eigenvalue weighted by molar-refractivity contribution is 7.53. The van der Waals surface area contributed by atoms with Crippen LogP contribution in [0.4, 0.5) is 0 Å². The van der Waals surface area contributed by atoms with Crippen molar-refractivity contribution in [2.75, 3.05) is 27.0 Å². The molecule has 0 amide bonds. The second-order valence-electron chi connectivity index (χ2n) is 2.72. The average molecular weight is 236 g/mol. The second-order valence-corrected chi connectivity index (χ2v) is 5.12. The molecule has 0 aliphatic heterocycles. The number of rotatable bonds is 7. The smallest absolute Gasteiger partial charge is 0.330 e. The molecule has 0 aliphatic rings. The van der Waals surface area contributed by atoms with Crippen LogP contribution in [-0.4, -0.2) is 33.0 Å². The molecular weight excluding hydrogens is 219 g/mol. The van der Waals surface area contributed by atoms with Crippen LogP contribution in [0.25, 0.3) is 0 Å². The highest BCUT2D eigenvalue weighted by Crippen LogP contribution is 2.46. The lowest BCUT2D eigenvalue weighted by Crippen LogP contribution is -2.05. The third-order valence-corrected chi connectivity index (χ3v) is 3.66. The van der Waals surface area contributed by atoms with E-state index < -0.39 is 13.6 Å². The zero-order chi connectivity index (χ0) is 11.7. The number of esters is 1. The van der Waals surface area contributed by atoms with Crippen molar-refractivity contribution >= 4 is 13.6 Å². The summed E-state index contributed by atoms with van der Waals surface area (Å²) in [6.45, 7) is 1.94. The number of hydrogen-bond acceptors (Lipinski definition) is 5. The van der Waals surface area contributed by atoms with Gasteiger partial charge in [0.05, 0.1) is 12.8 Å². The van der Waals surface area contributed by atoms with Crippen molar-refractivity contribution in [3.05, 3.63) is 12.2 Å². The second kappa shape index (κ2) is 7.63. The summed E-state index contributed by atoms with van der Waals surface area (Å²) < 4.78 is 25.8. The van der Waals surface area contributed by atoms with Crippen LogP contribution < -0.4 is 0 Å². The summed E-state index contributed by atoms with van der Waals surface area (Å²) >= 11 is 0. The van der Waals surface area contributed by atoms with Gasteiger partial charge in [-0.25, -0.2) is 4.79 Å². The van der Waals surface area contributed by atoms with Crippen molar-refractivity contribution in [3.8, 4) is 0 Å². The third kappa shape index (κ3) is 6.44. The maximum Gasteiger partial charge on any atom is 0.330 e. The van der Waals surface area contributed by atoms with Gasteiger partial charge in [-0.15, -0.1) is 0 Å². The largest absolute Gasteiger partial charge is 0.463 e. The van der Waals surface area contributed by atoms with Gasteiger partial charge in [0.2, 0.25) is 0 Å². The standard InChI is InChI=1S/C9H17O5P/c1-4-6-9(10)14-7-5-8-15(11,12-2)13-3/h4,6H,5,7-8H2,1-3H3. The molecule has 0 radical (unpaired) electrons. The van der Waals surface area contributed by atoms with Crippen molar-refractivity contribution in [1.82, 2.24) is 0 Å². The van der Waals surface area contributed by atoms with Gasteiger partial charge in [-0.3, -0.25) is 4.57 Å². The van der Waals surface area contributed by atoms with Gasteiger partial charge >= 0.3 is 13.6 Å². The van der Waals surface area contributed by atoms with E-state index in [-0.39, 0.29) is 12.8 Å². The average Bonchev–Trinajstić information content (AvgIpc) is 2.24. The van der Waals surface area contributed by atoms with Gasteiger partial charge in [0, 0.05) is 20.3 Å². The van der Waals surface area contributed by atoms with E-state index in [1.807, 2.05) is 0 Å². The molecule has 88 valence electrons. The number of carbonyl (C=O) groups is 1. The van der Waals surface area contributed by atoms with Crippen molar-refractivity contribution in [1.29, 1.82) is 0 Å². The quantitative estimate of drug-likeness (QED) is 0.293. The number of carbonyl (C=O) groups excluding carboxylic acids is 1. The Hall–Kier alpha value is -0.640. The fourth-order valence-electron chi connectivity index (χ4n) is 0.872. The first-order chi connectivity index (χ1) is 7.08. The van der Waals surface area contributed by atoms with E-state index >= 15 is 0 Å². The van der Waals surface area contributed by atoms with E-state index in [4.69, 9.17) is 13.8 Å². The van der Waals surface area contributed by atoms with Crippen LogP contribution >= 0.6 is 7.60 Å². The summed E-state index contributed by atoms with van der Waals surface area (Å²) in [5.41, 5.74) is 0. The van der Waals surface area contributed by atoms with Gasteiger partial charge in [-0.1, -0.05) is 6.08 Å². The van der Waals surface area contributed by atoms with Crippen LogP contribution in [0.2, 0.25) is 0 Å². The Morgan fingerprint density at radius 2 is 1.93 bits per heavy atom. The maximum atomic E-state index is 11.5. The predicted octanol–water partition coefficient (Wildman–Crippen LogP) is 1.98. The summed E-state index contributed by atoms with van der Waals surface area (Å²) in [7, 11) is -0.307. The molecule has 0 spiro atoms. The molecular formula is C9H17O5P. The van der Waals surface area contributed by atoms with Crippen LogP contribution in [0, 0.1) is 0 Å². The normalized spacial score (nSPS) is 11.9. The molecule has 0 saturated heterocycles. The molecule has 0 heterocycles. The fraction of sp³-hybridized carbons (Fsp3) is 0.667. The minimum absolute atomic E-state index is 0.208. The van der Waals surface area contributed by atoms with E-state index in [1.165, 1.54) is 20.3 Å². The molecule has 0 N–H and O–H groups in total. The van der Waals surface area contributed by atoms with Gasteiger partial charge in [-0.2, -0.15) is 0 Å². The highest BCUT2D eigenvalue weighted by atomic mass is 31.2. The van der Waals surface area contributed by atoms with Crippen LogP contribution in [-0.2, 0) is 23.1 Å². The SMILES string of the molecule is CC=CC(=O)OCCCP(=O)(OC)OC. The summed E-state index contributed by atoms with van der Waals surface area (Å²) in [6.07, 6.45) is 3.61. The lowest BCUT2D eigenvalue weighted by Gasteiger charge is -2.12. The molecule has 0 aromatic rings. The molecule has 0 unspecified atom stereocenters. The third-order valence-electron chi connectivity index (χ3n) is 1.68. The summed E-state index contributed by atoms with van der Waals surface area (Å²) in [4.78, 5) is 10.9. The number of allylic oxidation sites excluding steroid dienone is 1. The molecule has 15 heavy (non-hydrogen) atoms. The van der Waals surface area contributed by atoms with Crippen LogP contribution in [0.3, 0.4) is 0 Å². The molecule has 0 saturated carbocycles. The van der Waals surface area contributed by atoms with Gasteiger partial charge in [0.15, 0.2) is 0 Å². The van der Waals surface area contributed by atoms with Crippen LogP contribution in [0.15, 0.2) is 12.2 Å². The Labute approximate surface area is 89.9 Å². The Morgan fingerprint density at radius 1 is 1.33 bits per heavy atom. The van der Waals surface area contributed by atoms with E-state index in [2.05, 4.69) is 0 Å². The molecule has 6 heteroatoms. The van der Waals surface area contributed by atoms with Gasteiger partial charge in [0.1, 0.15) is 0 Å². The minimum Gasteiger partial charge on any atom is -0.463 e. The number of hydrogen-bond donors (Lipinski definition) is 0. The van der Waals surface area contributed by atoms with Gasteiger partial charge in [0.25, 0.3) is 0 Å². The van der Waals surface area contributed by atoms with Crippen molar-refractivity contribution in [3.63, 3.8) is 0 Å². The topological polar surface area (TPSA) is 61.8 Å². The van der Waals surface area contributed by atoms with Crippen molar-refractivity contribution in [2.24, 2.45) is 0 Å². The Kier molecular flexibility index (Phi) is 7.30. The first-order valence-electron chi connectivity index (χ1n) is 4.58. The van der Waals surface area contributed by atoms with E-state index in [0.29, 0.717) is 6.42 Å². The molecule has 0 aromatic heterocycles. The van der Waals surface area contributed by atoms with Crippen molar-refractivity contribution < 1.29 is 23.1 Å². The van der Waals surface area contributed by atoms with Gasteiger partial charge < -0.3 is 13.8 Å². The zero-order valence-electron chi connectivity index (χ0n) is 9.26. The predicted molar refractivity (Wildman–Crippen MR) is 56.9 cm³/mol. The Bertz CT molecular complexity index is 253. The first kappa shape index (κ1) is 14.4. The fourth-order valence-corrected chi connectivity index (χ4v) is 1.90. The molecule has 0 fully saturated rings. The molecule has 0 aromatic carbocycles. The summed E-state index contributed by atoms with van der Waals surface area (Å²) in [5.74, 6) is -0.401. The molecule has 0 bridgehead atoms. The molecule has 5 nitrogen and oxygen atoms in total. The Balaban J connectivity index is 3.71. The van der Waals surface area contributed by atoms with Crippen molar-refractivity contribution in [2.45, 2.75) is 13.3 Å². The molecule has 0 aliphatic carbocycles.